The van der Waals surface area contributed by atoms with Crippen LogP contribution in [0.5, 0.6) is 0 Å². The highest BCUT2D eigenvalue weighted by Crippen LogP contribution is 2.40. The van der Waals surface area contributed by atoms with E-state index in [2.05, 4.69) is 43.9 Å². The van der Waals surface area contributed by atoms with Crippen molar-refractivity contribution in [3.8, 4) is 0 Å². The molecule has 0 atom stereocenters. The Labute approximate surface area is 124 Å². The van der Waals surface area contributed by atoms with E-state index in [9.17, 15) is 5.11 Å². The third kappa shape index (κ3) is 4.08. The molecule has 0 aliphatic heterocycles. The predicted molar refractivity (Wildman–Crippen MR) is 89.0 cm³/mol. The number of allylic oxidation sites excluding steroid dienone is 2. The second kappa shape index (κ2) is 8.76. The summed E-state index contributed by atoms with van der Waals surface area (Å²) in [4.78, 5) is 0. The molecule has 1 aromatic rings. The summed E-state index contributed by atoms with van der Waals surface area (Å²) < 4.78 is 0. The first-order valence-corrected chi connectivity index (χ1v) is 7.83. The topological polar surface area (TPSA) is 20.2 Å². The molecule has 1 N–H and O–H groups in total. The molecule has 2 aliphatic carbocycles. The fourth-order valence-electron chi connectivity index (χ4n) is 2.52. The summed E-state index contributed by atoms with van der Waals surface area (Å²) in [6.07, 6.45) is 10.3. The molecule has 1 fully saturated rings. The Morgan fingerprint density at radius 3 is 2.50 bits per heavy atom. The van der Waals surface area contributed by atoms with Crippen molar-refractivity contribution in [2.75, 3.05) is 0 Å². The Balaban J connectivity index is 0.000000291. The van der Waals surface area contributed by atoms with Gasteiger partial charge < -0.3 is 5.11 Å². The molecule has 0 amide bonds. The van der Waals surface area contributed by atoms with Gasteiger partial charge in [-0.05, 0) is 48.3 Å². The molecule has 0 aromatic heterocycles. The molecule has 1 aromatic carbocycles. The Morgan fingerprint density at radius 1 is 1.30 bits per heavy atom. The molecular formula is C19H28O. The minimum atomic E-state index is -0.0544. The molecule has 0 saturated heterocycles. The fourth-order valence-corrected chi connectivity index (χ4v) is 2.52. The second-order valence-electron chi connectivity index (χ2n) is 5.05. The molecular weight excluding hydrogens is 244 g/mol. The van der Waals surface area contributed by atoms with Crippen LogP contribution in [0.3, 0.4) is 0 Å². The van der Waals surface area contributed by atoms with E-state index >= 15 is 0 Å². The zero-order chi connectivity index (χ0) is 15.0. The molecule has 110 valence electrons. The number of aliphatic hydroxyl groups is 1. The van der Waals surface area contributed by atoms with Gasteiger partial charge in [-0.2, -0.15) is 0 Å². The van der Waals surface area contributed by atoms with Gasteiger partial charge in [0.2, 0.25) is 0 Å². The van der Waals surface area contributed by atoms with E-state index in [1.165, 1.54) is 16.7 Å². The highest BCUT2D eigenvalue weighted by atomic mass is 16.3. The third-order valence-electron chi connectivity index (χ3n) is 3.69. The summed E-state index contributed by atoms with van der Waals surface area (Å²) >= 11 is 0. The third-order valence-corrected chi connectivity index (χ3v) is 3.69. The molecule has 0 bridgehead atoms. The van der Waals surface area contributed by atoms with E-state index in [-0.39, 0.29) is 6.10 Å². The monoisotopic (exact) mass is 272 g/mol. The van der Waals surface area contributed by atoms with Gasteiger partial charge >= 0.3 is 0 Å². The van der Waals surface area contributed by atoms with Crippen molar-refractivity contribution in [3.05, 3.63) is 53.6 Å². The van der Waals surface area contributed by atoms with Crippen LogP contribution in [0.1, 0.15) is 62.6 Å². The first kappa shape index (κ1) is 16.7. The molecule has 2 aliphatic rings. The molecule has 3 rings (SSSR count). The smallest absolute Gasteiger partial charge is 0.0552 e. The number of fused-ring (bicyclic) bond motifs is 1. The van der Waals surface area contributed by atoms with Gasteiger partial charge in [-0.3, -0.25) is 0 Å². The second-order valence-corrected chi connectivity index (χ2v) is 5.05. The summed E-state index contributed by atoms with van der Waals surface area (Å²) in [5.41, 5.74) is 4.31. The fraction of sp³-hybridized carbons (Fsp3) is 0.474. The van der Waals surface area contributed by atoms with Crippen LogP contribution in [0.2, 0.25) is 0 Å². The van der Waals surface area contributed by atoms with Crippen LogP contribution in [0.25, 0.3) is 6.08 Å². The van der Waals surface area contributed by atoms with Gasteiger partial charge in [0.1, 0.15) is 0 Å². The number of hydrogen-bond donors (Lipinski definition) is 1. The maximum absolute atomic E-state index is 9.31. The molecule has 0 unspecified atom stereocenters. The van der Waals surface area contributed by atoms with Crippen molar-refractivity contribution in [2.24, 2.45) is 0 Å². The van der Waals surface area contributed by atoms with Crippen molar-refractivity contribution < 1.29 is 5.11 Å². The minimum Gasteiger partial charge on any atom is -0.393 e. The number of aliphatic hydroxyl groups excluding tert-OH is 1. The van der Waals surface area contributed by atoms with E-state index in [4.69, 9.17) is 0 Å². The van der Waals surface area contributed by atoms with Crippen molar-refractivity contribution in [1.29, 1.82) is 0 Å². The molecule has 0 radical (unpaired) electrons. The van der Waals surface area contributed by atoms with Gasteiger partial charge in [0.15, 0.2) is 0 Å². The Kier molecular flexibility index (Phi) is 7.32. The lowest BCUT2D eigenvalue weighted by atomic mass is 9.75. The Hall–Kier alpha value is -1.34. The van der Waals surface area contributed by atoms with E-state index in [0.29, 0.717) is 5.92 Å². The average molecular weight is 272 g/mol. The maximum Gasteiger partial charge on any atom is 0.0552 e. The standard InChI is InChI=1S/C13H14O.C4H8.C2H6/c14-11-7-10(8-11)13-6-2-4-9-3-1-5-12(9)13;1-3-4-2;1-2/h1-2,4-6,10-11,14H,3,7-8H2;3H,1,4H2,2H3;1-2H3. The van der Waals surface area contributed by atoms with Crippen LogP contribution in [0.15, 0.2) is 36.9 Å². The van der Waals surface area contributed by atoms with E-state index < -0.39 is 0 Å². The van der Waals surface area contributed by atoms with Crippen LogP contribution in [0, 0.1) is 0 Å². The number of rotatable bonds is 2. The Bertz CT molecular complexity index is 439. The quantitative estimate of drug-likeness (QED) is 0.742. The zero-order valence-corrected chi connectivity index (χ0v) is 13.1. The van der Waals surface area contributed by atoms with Crippen LogP contribution in [0.4, 0.5) is 0 Å². The summed E-state index contributed by atoms with van der Waals surface area (Å²) in [5, 5.41) is 9.31. The summed E-state index contributed by atoms with van der Waals surface area (Å²) in [6, 6.07) is 6.56. The summed E-state index contributed by atoms with van der Waals surface area (Å²) in [6.45, 7) is 9.54. The van der Waals surface area contributed by atoms with Crippen molar-refractivity contribution in [1.82, 2.24) is 0 Å². The minimum absolute atomic E-state index is 0.0544. The van der Waals surface area contributed by atoms with Gasteiger partial charge in [-0.25, -0.2) is 0 Å². The van der Waals surface area contributed by atoms with Gasteiger partial charge in [-0.15, -0.1) is 6.58 Å². The molecule has 1 saturated carbocycles. The highest BCUT2D eigenvalue weighted by Gasteiger charge is 2.30. The van der Waals surface area contributed by atoms with Gasteiger partial charge in [0.05, 0.1) is 6.10 Å². The van der Waals surface area contributed by atoms with E-state index in [1.54, 1.807) is 0 Å². The molecule has 0 heterocycles. The Morgan fingerprint density at radius 2 is 1.95 bits per heavy atom. The summed E-state index contributed by atoms with van der Waals surface area (Å²) in [5.74, 6) is 0.600. The lowest BCUT2D eigenvalue weighted by molar-refractivity contribution is 0.0746. The highest BCUT2D eigenvalue weighted by molar-refractivity contribution is 5.64. The normalized spacial score (nSPS) is 21.6. The van der Waals surface area contributed by atoms with Crippen molar-refractivity contribution >= 4 is 6.08 Å². The van der Waals surface area contributed by atoms with Gasteiger partial charge in [0.25, 0.3) is 0 Å². The van der Waals surface area contributed by atoms with Crippen molar-refractivity contribution in [3.63, 3.8) is 0 Å². The number of hydrogen-bond acceptors (Lipinski definition) is 1. The lowest BCUT2D eigenvalue weighted by Gasteiger charge is -2.32. The van der Waals surface area contributed by atoms with Crippen LogP contribution < -0.4 is 0 Å². The van der Waals surface area contributed by atoms with Gasteiger partial charge in [0, 0.05) is 0 Å². The van der Waals surface area contributed by atoms with Gasteiger partial charge in [-0.1, -0.05) is 57.2 Å². The molecule has 0 spiro atoms. The van der Waals surface area contributed by atoms with Crippen molar-refractivity contribution in [2.45, 2.75) is 58.5 Å². The maximum atomic E-state index is 9.31. The number of benzene rings is 1. The van der Waals surface area contributed by atoms with Crippen LogP contribution >= 0.6 is 0 Å². The first-order chi connectivity index (χ1) is 9.76. The van der Waals surface area contributed by atoms with E-state index in [0.717, 1.165) is 25.7 Å². The molecule has 1 heteroatoms. The van der Waals surface area contributed by atoms with Crippen LogP contribution in [-0.4, -0.2) is 11.2 Å². The SMILES string of the molecule is C=CCC.CC.OC1CC(c2cccc3c2C=CC3)C1. The molecule has 1 nitrogen and oxygen atoms in total. The zero-order valence-electron chi connectivity index (χ0n) is 13.1. The van der Waals surface area contributed by atoms with E-state index in [1.807, 2.05) is 19.9 Å². The summed E-state index contributed by atoms with van der Waals surface area (Å²) in [7, 11) is 0. The predicted octanol–water partition coefficient (Wildman–Crippen LogP) is 5.10. The molecule has 20 heavy (non-hydrogen) atoms. The largest absolute Gasteiger partial charge is 0.393 e. The van der Waals surface area contributed by atoms with Crippen LogP contribution in [-0.2, 0) is 6.42 Å². The lowest BCUT2D eigenvalue weighted by Crippen LogP contribution is -2.26. The average Bonchev–Trinajstić information content (AvgIpc) is 2.95. The first-order valence-electron chi connectivity index (χ1n) is 7.83.